The standard InChI is InChI=1S/C22H25NO4/c1-26-20-8-4-3-7-19(20)21(24)18-6-5-13-23(15-18)14-16-9-11-17(12-10-16)22(25)27-2/h3-4,7-12,18H,5-6,13-15H2,1-2H3/t18-/m1/s1. The molecule has 0 N–H and O–H groups in total. The van der Waals surface area contributed by atoms with Crippen molar-refractivity contribution in [3.63, 3.8) is 0 Å². The predicted octanol–water partition coefficient (Wildman–Crippen LogP) is 3.58. The van der Waals surface area contributed by atoms with Gasteiger partial charge in [-0.15, -0.1) is 0 Å². The Kier molecular flexibility index (Phi) is 6.24. The molecule has 1 atom stereocenters. The number of para-hydroxylation sites is 1. The fourth-order valence-electron chi connectivity index (χ4n) is 3.60. The van der Waals surface area contributed by atoms with Gasteiger partial charge in [-0.05, 0) is 49.2 Å². The van der Waals surface area contributed by atoms with Crippen molar-refractivity contribution in [2.45, 2.75) is 19.4 Å². The van der Waals surface area contributed by atoms with Crippen LogP contribution in [0.2, 0.25) is 0 Å². The third-order valence-corrected chi connectivity index (χ3v) is 5.03. The second-order valence-corrected chi connectivity index (χ2v) is 6.83. The molecule has 0 bridgehead atoms. The number of esters is 1. The van der Waals surface area contributed by atoms with Crippen LogP contribution in [-0.2, 0) is 11.3 Å². The van der Waals surface area contributed by atoms with Gasteiger partial charge in [-0.2, -0.15) is 0 Å². The van der Waals surface area contributed by atoms with E-state index in [1.807, 2.05) is 36.4 Å². The maximum Gasteiger partial charge on any atom is 0.337 e. The molecule has 1 aliphatic heterocycles. The molecule has 142 valence electrons. The molecule has 2 aromatic rings. The van der Waals surface area contributed by atoms with E-state index in [4.69, 9.17) is 9.47 Å². The summed E-state index contributed by atoms with van der Waals surface area (Å²) in [4.78, 5) is 26.8. The van der Waals surface area contributed by atoms with Gasteiger partial charge in [0.2, 0.25) is 0 Å². The highest BCUT2D eigenvalue weighted by atomic mass is 16.5. The molecule has 5 heteroatoms. The predicted molar refractivity (Wildman–Crippen MR) is 103 cm³/mol. The van der Waals surface area contributed by atoms with E-state index < -0.39 is 0 Å². The summed E-state index contributed by atoms with van der Waals surface area (Å²) >= 11 is 0. The van der Waals surface area contributed by atoms with Crippen molar-refractivity contribution in [1.82, 2.24) is 4.90 Å². The Balaban J connectivity index is 1.65. The Morgan fingerprint density at radius 1 is 1.07 bits per heavy atom. The van der Waals surface area contributed by atoms with Crippen LogP contribution in [0.3, 0.4) is 0 Å². The summed E-state index contributed by atoms with van der Waals surface area (Å²) in [6, 6.07) is 14.9. The van der Waals surface area contributed by atoms with E-state index in [2.05, 4.69) is 4.90 Å². The summed E-state index contributed by atoms with van der Waals surface area (Å²) < 4.78 is 10.1. The molecule has 0 aromatic heterocycles. The van der Waals surface area contributed by atoms with E-state index in [9.17, 15) is 9.59 Å². The summed E-state index contributed by atoms with van der Waals surface area (Å²) in [5.41, 5.74) is 2.33. The van der Waals surface area contributed by atoms with Crippen molar-refractivity contribution in [1.29, 1.82) is 0 Å². The molecule has 1 heterocycles. The Morgan fingerprint density at radius 3 is 2.52 bits per heavy atom. The Morgan fingerprint density at radius 2 is 1.81 bits per heavy atom. The van der Waals surface area contributed by atoms with Gasteiger partial charge in [0.05, 0.1) is 25.3 Å². The molecule has 27 heavy (non-hydrogen) atoms. The summed E-state index contributed by atoms with van der Waals surface area (Å²) in [5.74, 6) is 0.433. The first-order valence-corrected chi connectivity index (χ1v) is 9.19. The van der Waals surface area contributed by atoms with Gasteiger partial charge in [0.15, 0.2) is 5.78 Å². The highest BCUT2D eigenvalue weighted by Gasteiger charge is 2.28. The van der Waals surface area contributed by atoms with Crippen LogP contribution in [0.15, 0.2) is 48.5 Å². The number of piperidine rings is 1. The number of ketones is 1. The smallest absolute Gasteiger partial charge is 0.337 e. The van der Waals surface area contributed by atoms with Crippen LogP contribution >= 0.6 is 0 Å². The van der Waals surface area contributed by atoms with Crippen LogP contribution in [0, 0.1) is 5.92 Å². The molecule has 0 amide bonds. The SMILES string of the molecule is COC(=O)c1ccc(CN2CCC[C@@H](C(=O)c3ccccc3OC)C2)cc1. The second kappa shape index (κ2) is 8.82. The number of hydrogen-bond donors (Lipinski definition) is 0. The molecule has 0 saturated carbocycles. The number of nitrogens with zero attached hydrogens (tertiary/aromatic N) is 1. The van der Waals surface area contributed by atoms with Gasteiger partial charge in [0, 0.05) is 19.0 Å². The average molecular weight is 367 g/mol. The highest BCUT2D eigenvalue weighted by Crippen LogP contribution is 2.26. The van der Waals surface area contributed by atoms with Gasteiger partial charge in [0.25, 0.3) is 0 Å². The first-order chi connectivity index (χ1) is 13.1. The lowest BCUT2D eigenvalue weighted by Crippen LogP contribution is -2.38. The normalized spacial score (nSPS) is 17.3. The molecule has 0 unspecified atom stereocenters. The maximum atomic E-state index is 13.0. The van der Waals surface area contributed by atoms with Gasteiger partial charge in [0.1, 0.15) is 5.75 Å². The number of rotatable bonds is 6. The Hall–Kier alpha value is -2.66. The third-order valence-electron chi connectivity index (χ3n) is 5.03. The fraction of sp³-hybridized carbons (Fsp3) is 0.364. The largest absolute Gasteiger partial charge is 0.496 e. The van der Waals surface area contributed by atoms with E-state index in [1.54, 1.807) is 19.2 Å². The van der Waals surface area contributed by atoms with Crippen molar-refractivity contribution >= 4 is 11.8 Å². The first kappa shape index (κ1) is 19.1. The van der Waals surface area contributed by atoms with Crippen LogP contribution < -0.4 is 4.74 Å². The van der Waals surface area contributed by atoms with Crippen LogP contribution in [0.5, 0.6) is 5.75 Å². The number of carbonyl (C=O) groups excluding carboxylic acids is 2. The monoisotopic (exact) mass is 367 g/mol. The molecular formula is C22H25NO4. The lowest BCUT2D eigenvalue weighted by molar-refractivity contribution is 0.0600. The number of likely N-dealkylation sites (tertiary alicyclic amines) is 1. The van der Waals surface area contributed by atoms with E-state index >= 15 is 0 Å². The lowest BCUT2D eigenvalue weighted by atomic mass is 9.89. The molecule has 0 radical (unpaired) electrons. The van der Waals surface area contributed by atoms with Crippen LogP contribution in [0.4, 0.5) is 0 Å². The number of methoxy groups -OCH3 is 2. The minimum Gasteiger partial charge on any atom is -0.496 e. The Labute approximate surface area is 159 Å². The van der Waals surface area contributed by atoms with E-state index in [1.165, 1.54) is 7.11 Å². The molecule has 0 spiro atoms. The maximum absolute atomic E-state index is 13.0. The first-order valence-electron chi connectivity index (χ1n) is 9.19. The van der Waals surface area contributed by atoms with E-state index in [0.29, 0.717) is 16.9 Å². The molecule has 3 rings (SSSR count). The zero-order chi connectivity index (χ0) is 19.2. The second-order valence-electron chi connectivity index (χ2n) is 6.83. The quantitative estimate of drug-likeness (QED) is 0.577. The average Bonchev–Trinajstić information content (AvgIpc) is 2.73. The van der Waals surface area contributed by atoms with Crippen molar-refractivity contribution in [3.8, 4) is 5.75 Å². The molecule has 1 aliphatic rings. The van der Waals surface area contributed by atoms with Crippen LogP contribution in [0.1, 0.15) is 39.1 Å². The number of carbonyl (C=O) groups is 2. The Bertz CT molecular complexity index is 800. The van der Waals surface area contributed by atoms with Gasteiger partial charge in [-0.3, -0.25) is 9.69 Å². The van der Waals surface area contributed by atoms with E-state index in [-0.39, 0.29) is 17.7 Å². The molecule has 5 nitrogen and oxygen atoms in total. The van der Waals surface area contributed by atoms with Crippen molar-refractivity contribution in [2.24, 2.45) is 5.92 Å². The molecule has 1 fully saturated rings. The third kappa shape index (κ3) is 4.55. The summed E-state index contributed by atoms with van der Waals surface area (Å²) in [6.07, 6.45) is 1.89. The van der Waals surface area contributed by atoms with Crippen molar-refractivity contribution in [3.05, 3.63) is 65.2 Å². The highest BCUT2D eigenvalue weighted by molar-refractivity contribution is 6.00. The van der Waals surface area contributed by atoms with E-state index in [0.717, 1.165) is 38.0 Å². The number of hydrogen-bond acceptors (Lipinski definition) is 5. The fourth-order valence-corrected chi connectivity index (χ4v) is 3.60. The number of benzene rings is 2. The topological polar surface area (TPSA) is 55.8 Å². The minimum atomic E-state index is -0.331. The van der Waals surface area contributed by atoms with Gasteiger partial charge >= 0.3 is 5.97 Å². The zero-order valence-corrected chi connectivity index (χ0v) is 15.8. The molecule has 1 saturated heterocycles. The van der Waals surface area contributed by atoms with Gasteiger partial charge in [-0.25, -0.2) is 4.79 Å². The van der Waals surface area contributed by atoms with Crippen molar-refractivity contribution < 1.29 is 19.1 Å². The molecule has 0 aliphatic carbocycles. The zero-order valence-electron chi connectivity index (χ0n) is 15.8. The number of ether oxygens (including phenoxy) is 2. The molecule has 2 aromatic carbocycles. The minimum absolute atomic E-state index is 0.0237. The van der Waals surface area contributed by atoms with Gasteiger partial charge < -0.3 is 9.47 Å². The summed E-state index contributed by atoms with van der Waals surface area (Å²) in [7, 11) is 2.97. The van der Waals surface area contributed by atoms with Gasteiger partial charge in [-0.1, -0.05) is 24.3 Å². The summed E-state index contributed by atoms with van der Waals surface area (Å²) in [5, 5.41) is 0. The molecular weight excluding hydrogens is 342 g/mol. The van der Waals surface area contributed by atoms with Crippen molar-refractivity contribution in [2.75, 3.05) is 27.3 Å². The van der Waals surface area contributed by atoms with Crippen LogP contribution in [0.25, 0.3) is 0 Å². The van der Waals surface area contributed by atoms with Crippen LogP contribution in [-0.4, -0.2) is 44.0 Å². The number of Topliss-reactive ketones (excluding diaryl/α,β-unsaturated/α-hetero) is 1. The summed E-state index contributed by atoms with van der Waals surface area (Å²) in [6.45, 7) is 2.46. The lowest BCUT2D eigenvalue weighted by Gasteiger charge is -2.32.